The van der Waals surface area contributed by atoms with Crippen molar-refractivity contribution in [2.45, 2.75) is 0 Å². The third-order valence-electron chi connectivity index (χ3n) is 0.764. The fourth-order valence-electron chi connectivity index (χ4n) is 0.445. The van der Waals surface area contributed by atoms with Gasteiger partial charge >= 0.3 is 11.8 Å². The summed E-state index contributed by atoms with van der Waals surface area (Å²) < 4.78 is 0. The summed E-state index contributed by atoms with van der Waals surface area (Å²) in [7, 11) is 0. The summed E-state index contributed by atoms with van der Waals surface area (Å²) >= 11 is 0. The van der Waals surface area contributed by atoms with E-state index in [9.17, 15) is 0 Å². The van der Waals surface area contributed by atoms with Crippen molar-refractivity contribution in [3.05, 3.63) is 18.2 Å². The number of H-pyrrole nitrogens is 1. The van der Waals surface area contributed by atoms with Gasteiger partial charge in [-0.05, 0) is 6.07 Å². The number of hydrogen-bond acceptors (Lipinski definition) is 2. The van der Waals surface area contributed by atoms with Crippen molar-refractivity contribution in [1.82, 2.24) is 0 Å². The van der Waals surface area contributed by atoms with Crippen LogP contribution in [-0.2, 0) is 0 Å². The number of rotatable bonds is 0. The highest BCUT2D eigenvalue weighted by molar-refractivity contribution is 5.07. The number of aromatic amines is 1. The van der Waals surface area contributed by atoms with E-state index in [4.69, 9.17) is 10.2 Å². The predicted molar refractivity (Wildman–Crippen MR) is 26.3 cm³/mol. The highest BCUT2D eigenvalue weighted by atomic mass is 16.3. The van der Waals surface area contributed by atoms with Crippen LogP contribution in [0.2, 0.25) is 0 Å². The highest BCUT2D eigenvalue weighted by Crippen LogP contribution is 2.01. The maximum atomic E-state index is 8.60. The van der Waals surface area contributed by atoms with E-state index >= 15 is 0 Å². The van der Waals surface area contributed by atoms with Crippen LogP contribution < -0.4 is 4.98 Å². The van der Waals surface area contributed by atoms with E-state index < -0.39 is 0 Å². The van der Waals surface area contributed by atoms with Gasteiger partial charge in [0.15, 0.2) is 0 Å². The van der Waals surface area contributed by atoms with Gasteiger partial charge in [0.05, 0.1) is 12.1 Å². The van der Waals surface area contributed by atoms with E-state index in [-0.39, 0.29) is 11.8 Å². The minimum Gasteiger partial charge on any atom is -0.460 e. The summed E-state index contributed by atoms with van der Waals surface area (Å²) in [6.07, 6.45) is 0. The second-order valence-electron chi connectivity index (χ2n) is 1.42. The van der Waals surface area contributed by atoms with Crippen molar-refractivity contribution < 1.29 is 15.2 Å². The molecule has 1 heterocycles. The molecule has 3 N–H and O–H groups in total. The van der Waals surface area contributed by atoms with Crippen LogP contribution in [0.4, 0.5) is 0 Å². The number of nitrogens with one attached hydrogen (secondary N) is 1. The molecule has 1 rings (SSSR count). The average molecular weight is 112 g/mol. The first kappa shape index (κ1) is 4.90. The lowest BCUT2D eigenvalue weighted by atomic mass is 10.5. The zero-order valence-electron chi connectivity index (χ0n) is 4.13. The Morgan fingerprint density at radius 1 is 1.12 bits per heavy atom. The van der Waals surface area contributed by atoms with Crippen molar-refractivity contribution in [1.29, 1.82) is 0 Å². The molecule has 0 atom stereocenters. The van der Waals surface area contributed by atoms with Gasteiger partial charge < -0.3 is 10.2 Å². The fraction of sp³-hybridized carbons (Fsp3) is 0. The topological polar surface area (TPSA) is 54.6 Å². The van der Waals surface area contributed by atoms with Crippen LogP contribution in [0.25, 0.3) is 0 Å². The van der Waals surface area contributed by atoms with Crippen molar-refractivity contribution >= 4 is 0 Å². The van der Waals surface area contributed by atoms with Crippen molar-refractivity contribution in [2.75, 3.05) is 0 Å². The lowest BCUT2D eigenvalue weighted by molar-refractivity contribution is -0.409. The Morgan fingerprint density at radius 2 is 1.62 bits per heavy atom. The average Bonchev–Trinajstić information content (AvgIpc) is 1.64. The van der Waals surface area contributed by atoms with E-state index in [1.165, 1.54) is 12.1 Å². The molecule has 0 unspecified atom stereocenters. The second-order valence-corrected chi connectivity index (χ2v) is 1.42. The normalized spacial score (nSPS) is 9.00. The molecule has 0 aromatic carbocycles. The van der Waals surface area contributed by atoms with E-state index in [0.717, 1.165) is 0 Å². The highest BCUT2D eigenvalue weighted by Gasteiger charge is 1.96. The number of hydrogen-bond donors (Lipinski definition) is 2. The summed E-state index contributed by atoms with van der Waals surface area (Å²) in [6, 6.07) is 4.43. The van der Waals surface area contributed by atoms with Crippen molar-refractivity contribution in [3.63, 3.8) is 0 Å². The Bertz CT molecular complexity index is 170. The zero-order valence-corrected chi connectivity index (χ0v) is 4.13. The van der Waals surface area contributed by atoms with Gasteiger partial charge in [0.1, 0.15) is 0 Å². The third kappa shape index (κ3) is 0.872. The Kier molecular flexibility index (Phi) is 1.04. The fourth-order valence-corrected chi connectivity index (χ4v) is 0.445. The van der Waals surface area contributed by atoms with Crippen LogP contribution in [0.5, 0.6) is 11.8 Å². The molecule has 0 aliphatic heterocycles. The van der Waals surface area contributed by atoms with Gasteiger partial charge in [-0.2, -0.15) is 0 Å². The SMILES string of the molecule is Oc1cccc(O)[nH+]1. The first-order chi connectivity index (χ1) is 3.79. The van der Waals surface area contributed by atoms with Gasteiger partial charge in [-0.15, -0.1) is 4.98 Å². The van der Waals surface area contributed by atoms with Gasteiger partial charge in [-0.3, -0.25) is 0 Å². The molecule has 3 nitrogen and oxygen atoms in total. The second kappa shape index (κ2) is 1.69. The van der Waals surface area contributed by atoms with E-state index in [1.54, 1.807) is 6.07 Å². The molecule has 1 aromatic rings. The van der Waals surface area contributed by atoms with Gasteiger partial charge in [0.2, 0.25) is 0 Å². The summed E-state index contributed by atoms with van der Waals surface area (Å²) in [5.74, 6) is -0.0741. The monoisotopic (exact) mass is 112 g/mol. The number of pyridine rings is 1. The first-order valence-electron chi connectivity index (χ1n) is 2.19. The lowest BCUT2D eigenvalue weighted by Crippen LogP contribution is -1.99. The quantitative estimate of drug-likeness (QED) is 0.493. The van der Waals surface area contributed by atoms with Gasteiger partial charge in [-0.1, -0.05) is 0 Å². The van der Waals surface area contributed by atoms with E-state index in [0.29, 0.717) is 0 Å². The van der Waals surface area contributed by atoms with Gasteiger partial charge in [0, 0.05) is 0 Å². The lowest BCUT2D eigenvalue weighted by Gasteiger charge is -1.80. The van der Waals surface area contributed by atoms with E-state index in [2.05, 4.69) is 4.98 Å². The molecule has 0 spiro atoms. The molecule has 0 aliphatic carbocycles. The molecule has 0 fully saturated rings. The van der Waals surface area contributed by atoms with Gasteiger partial charge in [-0.25, -0.2) is 0 Å². The summed E-state index contributed by atoms with van der Waals surface area (Å²) in [5.41, 5.74) is 0. The standard InChI is InChI=1S/C5H5NO2/c7-4-2-1-3-5(8)6-4/h1-3H,(H2,6,7,8)/p+1. The smallest absolute Gasteiger partial charge is 0.366 e. The molecule has 0 bridgehead atoms. The number of aromatic nitrogens is 1. The minimum absolute atomic E-state index is 0.0370. The van der Waals surface area contributed by atoms with Crippen LogP contribution in [0.1, 0.15) is 0 Å². The molecule has 3 heteroatoms. The molecule has 0 radical (unpaired) electrons. The van der Waals surface area contributed by atoms with Crippen molar-refractivity contribution in [3.8, 4) is 11.8 Å². The Balaban J connectivity index is 3.08. The Morgan fingerprint density at radius 3 is 1.88 bits per heavy atom. The molecular weight excluding hydrogens is 106 g/mol. The molecule has 0 saturated carbocycles. The van der Waals surface area contributed by atoms with E-state index in [1.807, 2.05) is 0 Å². The van der Waals surface area contributed by atoms with Crippen molar-refractivity contribution in [2.24, 2.45) is 0 Å². The predicted octanol–water partition coefficient (Wildman–Crippen LogP) is -0.0881. The summed E-state index contributed by atoms with van der Waals surface area (Å²) in [6.45, 7) is 0. The molecular formula is C5H6NO2+. The van der Waals surface area contributed by atoms with Crippen LogP contribution in [0.15, 0.2) is 18.2 Å². The zero-order chi connectivity index (χ0) is 5.98. The van der Waals surface area contributed by atoms with Gasteiger partial charge in [0.25, 0.3) is 0 Å². The molecule has 42 valence electrons. The Labute approximate surface area is 46.2 Å². The van der Waals surface area contributed by atoms with Crippen LogP contribution in [0.3, 0.4) is 0 Å². The Hall–Kier alpha value is -1.25. The largest absolute Gasteiger partial charge is 0.460 e. The molecule has 0 aliphatic rings. The molecule has 0 amide bonds. The third-order valence-corrected chi connectivity index (χ3v) is 0.764. The maximum Gasteiger partial charge on any atom is 0.366 e. The van der Waals surface area contributed by atoms with Crippen LogP contribution >= 0.6 is 0 Å². The molecule has 1 aromatic heterocycles. The molecule has 8 heavy (non-hydrogen) atoms. The summed E-state index contributed by atoms with van der Waals surface area (Å²) in [4.78, 5) is 2.28. The first-order valence-corrected chi connectivity index (χ1v) is 2.19. The minimum atomic E-state index is -0.0370. The van der Waals surface area contributed by atoms with Crippen LogP contribution in [0, 0.1) is 0 Å². The van der Waals surface area contributed by atoms with Crippen LogP contribution in [-0.4, -0.2) is 10.2 Å². The summed E-state index contributed by atoms with van der Waals surface area (Å²) in [5, 5.41) is 17.2. The molecule has 0 saturated heterocycles. The number of aromatic hydroxyl groups is 2. The maximum absolute atomic E-state index is 8.60.